The molecule has 0 bridgehead atoms. The van der Waals surface area contributed by atoms with Crippen LogP contribution in [-0.2, 0) is 16.0 Å². The van der Waals surface area contributed by atoms with Gasteiger partial charge in [-0.15, -0.1) is 0 Å². The summed E-state index contributed by atoms with van der Waals surface area (Å²) in [7, 11) is 0. The van der Waals surface area contributed by atoms with Crippen molar-refractivity contribution in [3.63, 3.8) is 0 Å². The average Bonchev–Trinajstić information content (AvgIpc) is 2.54. The van der Waals surface area contributed by atoms with Gasteiger partial charge in [0.1, 0.15) is 6.54 Å². The summed E-state index contributed by atoms with van der Waals surface area (Å²) >= 11 is 0. The molecule has 1 heterocycles. The molecule has 3 amide bonds. The second-order valence-corrected chi connectivity index (χ2v) is 5.53. The lowest BCUT2D eigenvalue weighted by Crippen LogP contribution is -2.46. The van der Waals surface area contributed by atoms with Gasteiger partial charge in [0, 0.05) is 11.3 Å². The van der Waals surface area contributed by atoms with Gasteiger partial charge >= 0.3 is 0 Å². The van der Waals surface area contributed by atoms with E-state index in [0.717, 1.165) is 10.5 Å². The lowest BCUT2D eigenvalue weighted by Gasteiger charge is -2.26. The Balaban J connectivity index is 1.72. The zero-order valence-corrected chi connectivity index (χ0v) is 12.7. The number of rotatable bonds is 3. The van der Waals surface area contributed by atoms with Gasteiger partial charge in [0.25, 0.3) is 5.91 Å². The van der Waals surface area contributed by atoms with Gasteiger partial charge in [-0.1, -0.05) is 35.9 Å². The number of hydrogen-bond acceptors (Lipinski definition) is 3. The van der Waals surface area contributed by atoms with Crippen LogP contribution in [0.4, 0.5) is 5.69 Å². The van der Waals surface area contributed by atoms with Crippen molar-refractivity contribution in [2.24, 2.45) is 0 Å². The first-order valence-electron chi connectivity index (χ1n) is 7.34. The van der Waals surface area contributed by atoms with Crippen LogP contribution in [0.3, 0.4) is 0 Å². The van der Waals surface area contributed by atoms with Crippen molar-refractivity contribution in [3.8, 4) is 0 Å². The lowest BCUT2D eigenvalue weighted by atomic mass is 9.98. The summed E-state index contributed by atoms with van der Waals surface area (Å²) in [5.74, 6) is -1.17. The second kappa shape index (κ2) is 6.04. The number of nitrogens with zero attached hydrogens (tertiary/aromatic N) is 1. The van der Waals surface area contributed by atoms with E-state index in [4.69, 9.17) is 0 Å². The van der Waals surface area contributed by atoms with Gasteiger partial charge in [0.05, 0.1) is 6.42 Å². The Morgan fingerprint density at radius 2 is 1.78 bits per heavy atom. The molecule has 5 nitrogen and oxygen atoms in total. The molecule has 23 heavy (non-hydrogen) atoms. The number of imide groups is 1. The van der Waals surface area contributed by atoms with Gasteiger partial charge in [-0.05, 0) is 30.7 Å². The van der Waals surface area contributed by atoms with E-state index in [1.54, 1.807) is 36.4 Å². The molecule has 2 aromatic carbocycles. The molecule has 0 unspecified atom stereocenters. The third kappa shape index (κ3) is 3.13. The minimum absolute atomic E-state index is 0.139. The average molecular weight is 308 g/mol. The topological polar surface area (TPSA) is 66.5 Å². The van der Waals surface area contributed by atoms with Crippen LogP contribution in [0.15, 0.2) is 48.5 Å². The van der Waals surface area contributed by atoms with Crippen LogP contribution in [0, 0.1) is 6.92 Å². The molecular weight excluding hydrogens is 292 g/mol. The summed E-state index contributed by atoms with van der Waals surface area (Å²) < 4.78 is 0. The molecule has 0 fully saturated rings. The van der Waals surface area contributed by atoms with E-state index in [9.17, 15) is 14.4 Å². The lowest BCUT2D eigenvalue weighted by molar-refractivity contribution is -0.131. The van der Waals surface area contributed by atoms with E-state index in [0.29, 0.717) is 16.8 Å². The van der Waals surface area contributed by atoms with Crippen molar-refractivity contribution >= 4 is 23.4 Å². The number of fused-ring (bicyclic) bond motifs is 1. The van der Waals surface area contributed by atoms with Crippen LogP contribution in [0.5, 0.6) is 0 Å². The first-order valence-corrected chi connectivity index (χ1v) is 7.34. The number of anilines is 1. The summed E-state index contributed by atoms with van der Waals surface area (Å²) in [6, 6.07) is 14.3. The minimum Gasteiger partial charge on any atom is -0.325 e. The van der Waals surface area contributed by atoms with E-state index in [1.807, 2.05) is 19.1 Å². The van der Waals surface area contributed by atoms with Crippen molar-refractivity contribution in [3.05, 3.63) is 65.2 Å². The number of nitrogens with one attached hydrogen (secondary N) is 1. The second-order valence-electron chi connectivity index (χ2n) is 5.53. The molecule has 0 radical (unpaired) electrons. The normalized spacial score (nSPS) is 13.7. The number of aryl methyl sites for hydroxylation is 1. The Hall–Kier alpha value is -2.95. The Morgan fingerprint density at radius 3 is 2.52 bits per heavy atom. The van der Waals surface area contributed by atoms with Gasteiger partial charge in [0.15, 0.2) is 0 Å². The van der Waals surface area contributed by atoms with Crippen molar-refractivity contribution in [2.75, 3.05) is 11.9 Å². The highest BCUT2D eigenvalue weighted by atomic mass is 16.2. The Morgan fingerprint density at radius 1 is 1.09 bits per heavy atom. The Labute approximate surface area is 133 Å². The van der Waals surface area contributed by atoms with E-state index in [-0.39, 0.29) is 18.9 Å². The fourth-order valence-corrected chi connectivity index (χ4v) is 2.54. The predicted octanol–water partition coefficient (Wildman–Crippen LogP) is 2.16. The molecule has 116 valence electrons. The van der Waals surface area contributed by atoms with Crippen LogP contribution >= 0.6 is 0 Å². The molecule has 0 aromatic heterocycles. The van der Waals surface area contributed by atoms with Crippen LogP contribution in [0.2, 0.25) is 0 Å². The molecule has 1 aliphatic heterocycles. The minimum atomic E-state index is -0.420. The zero-order chi connectivity index (χ0) is 16.4. The van der Waals surface area contributed by atoms with Gasteiger partial charge < -0.3 is 5.32 Å². The third-order valence-corrected chi connectivity index (χ3v) is 3.77. The fraction of sp³-hybridized carbons (Fsp3) is 0.167. The number of carbonyl (C=O) groups excluding carboxylic acids is 3. The SMILES string of the molecule is Cc1ccc(NC(=O)CN2C(=O)Cc3ccccc3C2=O)cc1. The van der Waals surface area contributed by atoms with E-state index in [2.05, 4.69) is 5.32 Å². The maximum Gasteiger partial charge on any atom is 0.261 e. The standard InChI is InChI=1S/C18H16N2O3/c1-12-6-8-14(9-7-12)19-16(21)11-20-17(22)10-13-4-2-3-5-15(13)18(20)23/h2-9H,10-11H2,1H3,(H,19,21). The van der Waals surface area contributed by atoms with Gasteiger partial charge in [-0.3, -0.25) is 19.3 Å². The zero-order valence-electron chi connectivity index (χ0n) is 12.7. The first kappa shape index (κ1) is 15.0. The van der Waals surface area contributed by atoms with Gasteiger partial charge in [-0.2, -0.15) is 0 Å². The Kier molecular flexibility index (Phi) is 3.93. The molecule has 0 saturated carbocycles. The maximum atomic E-state index is 12.4. The summed E-state index contributed by atoms with van der Waals surface area (Å²) in [5.41, 5.74) is 2.91. The number of carbonyl (C=O) groups is 3. The highest BCUT2D eigenvalue weighted by Gasteiger charge is 2.31. The van der Waals surface area contributed by atoms with Crippen LogP contribution in [0.25, 0.3) is 0 Å². The predicted molar refractivity (Wildman–Crippen MR) is 86.0 cm³/mol. The largest absolute Gasteiger partial charge is 0.325 e. The monoisotopic (exact) mass is 308 g/mol. The molecule has 2 aromatic rings. The van der Waals surface area contributed by atoms with E-state index >= 15 is 0 Å². The number of amides is 3. The molecule has 0 spiro atoms. The highest BCUT2D eigenvalue weighted by molar-refractivity contribution is 6.12. The van der Waals surface area contributed by atoms with Crippen molar-refractivity contribution < 1.29 is 14.4 Å². The molecular formula is C18H16N2O3. The van der Waals surface area contributed by atoms with Crippen molar-refractivity contribution in [1.29, 1.82) is 0 Å². The van der Waals surface area contributed by atoms with Gasteiger partial charge in [0.2, 0.25) is 11.8 Å². The Bertz CT molecular complexity index is 781. The summed E-state index contributed by atoms with van der Waals surface area (Å²) in [6.45, 7) is 1.67. The molecule has 0 aliphatic carbocycles. The van der Waals surface area contributed by atoms with Crippen LogP contribution in [-0.4, -0.2) is 29.2 Å². The first-order chi connectivity index (χ1) is 11.0. The molecule has 3 rings (SSSR count). The summed E-state index contributed by atoms with van der Waals surface area (Å²) in [6.07, 6.45) is 0.139. The number of hydrogen-bond donors (Lipinski definition) is 1. The molecule has 1 aliphatic rings. The molecule has 1 N–H and O–H groups in total. The quantitative estimate of drug-likeness (QED) is 0.884. The third-order valence-electron chi connectivity index (χ3n) is 3.77. The smallest absolute Gasteiger partial charge is 0.261 e. The fourth-order valence-electron chi connectivity index (χ4n) is 2.54. The number of benzene rings is 2. The van der Waals surface area contributed by atoms with Crippen molar-refractivity contribution in [1.82, 2.24) is 4.90 Å². The van der Waals surface area contributed by atoms with E-state index in [1.165, 1.54) is 0 Å². The molecule has 0 saturated heterocycles. The van der Waals surface area contributed by atoms with E-state index < -0.39 is 11.8 Å². The highest BCUT2D eigenvalue weighted by Crippen LogP contribution is 2.19. The molecule has 5 heteroatoms. The van der Waals surface area contributed by atoms with Gasteiger partial charge in [-0.25, -0.2) is 0 Å². The maximum absolute atomic E-state index is 12.4. The van der Waals surface area contributed by atoms with Crippen molar-refractivity contribution in [2.45, 2.75) is 13.3 Å². The summed E-state index contributed by atoms with van der Waals surface area (Å²) in [5, 5.41) is 2.70. The van der Waals surface area contributed by atoms with Crippen LogP contribution < -0.4 is 5.32 Å². The summed E-state index contributed by atoms with van der Waals surface area (Å²) in [4.78, 5) is 37.6. The molecule has 0 atom stereocenters. The van der Waals surface area contributed by atoms with Crippen LogP contribution in [0.1, 0.15) is 21.5 Å².